The number of aliphatic hydroxyl groups is 1. The number of alkyl halides is 7. The van der Waals surface area contributed by atoms with Gasteiger partial charge in [0.2, 0.25) is 6.43 Å². The molecule has 1 aromatic heterocycles. The second-order valence-corrected chi connectivity index (χ2v) is 5.13. The normalized spacial score (nSPS) is 21.2. The Morgan fingerprint density at radius 2 is 1.95 bits per heavy atom. The molecule has 1 aromatic rings. The summed E-state index contributed by atoms with van der Waals surface area (Å²) in [5.74, 6) is -3.68. The minimum Gasteiger partial charge on any atom is -0.382 e. The van der Waals surface area contributed by atoms with Crippen molar-refractivity contribution in [1.29, 1.82) is 0 Å². The molecule has 126 valence electrons. The minimum absolute atomic E-state index is 0.143. The molecule has 1 aliphatic carbocycles. The lowest BCUT2D eigenvalue weighted by Crippen LogP contribution is -2.33. The number of aryl methyl sites for hydroxylation is 1. The lowest BCUT2D eigenvalue weighted by molar-refractivity contribution is -0.150. The molecule has 0 saturated carbocycles. The summed E-state index contributed by atoms with van der Waals surface area (Å²) in [5, 5.41) is 12.8. The molecule has 0 amide bonds. The van der Waals surface area contributed by atoms with Crippen LogP contribution < -0.4 is 0 Å². The average Bonchev–Trinajstić information content (AvgIpc) is 2.73. The predicted octanol–water partition coefficient (Wildman–Crippen LogP) is 3.56. The quantitative estimate of drug-likeness (QED) is 0.855. The molecule has 1 N–H and O–H groups in total. The Hall–Kier alpha value is -1.32. The third kappa shape index (κ3) is 3.21. The van der Waals surface area contributed by atoms with Gasteiger partial charge in [0.1, 0.15) is 6.10 Å². The number of rotatable bonds is 4. The maximum atomic E-state index is 13.5. The van der Waals surface area contributed by atoms with Crippen LogP contribution in [0.25, 0.3) is 0 Å². The highest BCUT2D eigenvalue weighted by Gasteiger charge is 2.51. The second-order valence-electron chi connectivity index (χ2n) is 5.13. The van der Waals surface area contributed by atoms with Gasteiger partial charge >= 0.3 is 6.18 Å². The SMILES string of the molecule is O[C@H]1c2c(C(F)(F)F)nn(CCCC(F)F)c2CCC1(F)F. The molecule has 0 saturated heterocycles. The minimum atomic E-state index is -5.01. The largest absolute Gasteiger partial charge is 0.435 e. The van der Waals surface area contributed by atoms with Gasteiger partial charge in [0.15, 0.2) is 5.69 Å². The third-order valence-electron chi connectivity index (χ3n) is 3.53. The number of nitrogens with zero attached hydrogens (tertiary/aromatic N) is 2. The van der Waals surface area contributed by atoms with E-state index in [9.17, 15) is 35.8 Å². The van der Waals surface area contributed by atoms with Crippen molar-refractivity contribution in [3.8, 4) is 0 Å². The fourth-order valence-corrected chi connectivity index (χ4v) is 2.48. The summed E-state index contributed by atoms with van der Waals surface area (Å²) in [4.78, 5) is 0. The van der Waals surface area contributed by atoms with Gasteiger partial charge in [0.05, 0.1) is 0 Å². The molecule has 0 bridgehead atoms. The number of hydrogen-bond donors (Lipinski definition) is 1. The van der Waals surface area contributed by atoms with Crippen molar-refractivity contribution in [2.45, 2.75) is 56.9 Å². The van der Waals surface area contributed by atoms with Crippen LogP contribution in [-0.2, 0) is 19.1 Å². The van der Waals surface area contributed by atoms with Gasteiger partial charge in [-0.2, -0.15) is 18.3 Å². The molecular weight excluding hydrogens is 321 g/mol. The van der Waals surface area contributed by atoms with E-state index in [1.165, 1.54) is 0 Å². The number of aliphatic hydroxyl groups excluding tert-OH is 1. The lowest BCUT2D eigenvalue weighted by atomic mass is 9.89. The molecule has 22 heavy (non-hydrogen) atoms. The van der Waals surface area contributed by atoms with Gasteiger partial charge in [-0.25, -0.2) is 17.6 Å². The third-order valence-corrected chi connectivity index (χ3v) is 3.53. The van der Waals surface area contributed by atoms with Crippen LogP contribution in [0.3, 0.4) is 0 Å². The first-order valence-electron chi connectivity index (χ1n) is 6.55. The van der Waals surface area contributed by atoms with E-state index in [-0.39, 0.29) is 18.7 Å². The zero-order chi connectivity index (χ0) is 16.7. The van der Waals surface area contributed by atoms with Crippen LogP contribution in [0, 0.1) is 0 Å². The number of hydrogen-bond acceptors (Lipinski definition) is 2. The van der Waals surface area contributed by atoms with Gasteiger partial charge in [-0.3, -0.25) is 4.68 Å². The molecule has 1 atom stereocenters. The molecule has 10 heteroatoms. The van der Waals surface area contributed by atoms with E-state index < -0.39 is 55.1 Å². The zero-order valence-electron chi connectivity index (χ0n) is 11.2. The van der Waals surface area contributed by atoms with E-state index in [1.54, 1.807) is 0 Å². The van der Waals surface area contributed by atoms with E-state index in [0.717, 1.165) is 4.68 Å². The molecule has 2 rings (SSSR count). The van der Waals surface area contributed by atoms with Crippen molar-refractivity contribution in [1.82, 2.24) is 9.78 Å². The van der Waals surface area contributed by atoms with Gasteiger partial charge in [0, 0.05) is 30.6 Å². The van der Waals surface area contributed by atoms with Crippen LogP contribution in [0.15, 0.2) is 0 Å². The van der Waals surface area contributed by atoms with E-state index in [2.05, 4.69) is 5.10 Å². The molecule has 1 aliphatic rings. The fourth-order valence-electron chi connectivity index (χ4n) is 2.48. The average molecular weight is 334 g/mol. The topological polar surface area (TPSA) is 38.1 Å². The molecule has 0 radical (unpaired) electrons. The zero-order valence-corrected chi connectivity index (χ0v) is 11.2. The first kappa shape index (κ1) is 17.0. The van der Waals surface area contributed by atoms with Crippen molar-refractivity contribution < 1.29 is 35.8 Å². The molecule has 1 heterocycles. The highest BCUT2D eigenvalue weighted by molar-refractivity contribution is 5.35. The van der Waals surface area contributed by atoms with Crippen LogP contribution in [0.5, 0.6) is 0 Å². The summed E-state index contributed by atoms with van der Waals surface area (Å²) in [7, 11) is 0. The molecule has 3 nitrogen and oxygen atoms in total. The molecule has 0 aromatic carbocycles. The highest BCUT2D eigenvalue weighted by atomic mass is 19.4. The van der Waals surface area contributed by atoms with E-state index in [4.69, 9.17) is 0 Å². The summed E-state index contributed by atoms with van der Waals surface area (Å²) < 4.78 is 90.6. The van der Waals surface area contributed by atoms with Crippen LogP contribution in [0.1, 0.15) is 42.3 Å². The summed E-state index contributed by atoms with van der Waals surface area (Å²) in [6.45, 7) is -0.249. The fraction of sp³-hybridized carbons (Fsp3) is 0.750. The smallest absolute Gasteiger partial charge is 0.382 e. The summed E-state index contributed by atoms with van der Waals surface area (Å²) in [5.41, 5.74) is -2.69. The van der Waals surface area contributed by atoms with E-state index in [0.29, 0.717) is 0 Å². The number of halogens is 7. The van der Waals surface area contributed by atoms with Crippen LogP contribution in [0.2, 0.25) is 0 Å². The summed E-state index contributed by atoms with van der Waals surface area (Å²) >= 11 is 0. The second kappa shape index (κ2) is 5.71. The van der Waals surface area contributed by atoms with Crippen LogP contribution in [-0.4, -0.2) is 27.2 Å². The number of fused-ring (bicyclic) bond motifs is 1. The van der Waals surface area contributed by atoms with Crippen LogP contribution >= 0.6 is 0 Å². The maximum absolute atomic E-state index is 13.5. The first-order chi connectivity index (χ1) is 10.0. The van der Waals surface area contributed by atoms with Crippen molar-refractivity contribution in [2.24, 2.45) is 0 Å². The van der Waals surface area contributed by atoms with Gasteiger partial charge in [0.25, 0.3) is 5.92 Å². The van der Waals surface area contributed by atoms with E-state index in [1.807, 2.05) is 0 Å². The standard InChI is InChI=1S/C12H13F7N2O/c13-7(14)2-1-5-21-6-3-4-11(15,16)10(22)8(6)9(20-21)12(17,18)19/h7,10,22H,1-5H2/t10-/m0/s1. The number of aromatic nitrogens is 2. The van der Waals surface area contributed by atoms with Crippen molar-refractivity contribution >= 4 is 0 Å². The predicted molar refractivity (Wildman–Crippen MR) is 60.7 cm³/mol. The molecule has 0 aliphatic heterocycles. The molecule has 0 spiro atoms. The van der Waals surface area contributed by atoms with Gasteiger partial charge < -0.3 is 5.11 Å². The molecular formula is C12H13F7N2O. The summed E-state index contributed by atoms with van der Waals surface area (Å²) in [6.07, 6.45) is -12.1. The Labute approximate surface area is 120 Å². The van der Waals surface area contributed by atoms with Gasteiger partial charge in [-0.05, 0) is 12.8 Å². The molecule has 0 fully saturated rings. The Morgan fingerprint density at radius 3 is 2.50 bits per heavy atom. The monoisotopic (exact) mass is 334 g/mol. The van der Waals surface area contributed by atoms with Crippen molar-refractivity contribution in [3.63, 3.8) is 0 Å². The van der Waals surface area contributed by atoms with E-state index >= 15 is 0 Å². The lowest BCUT2D eigenvalue weighted by Gasteiger charge is -2.28. The molecule has 0 unspecified atom stereocenters. The first-order valence-corrected chi connectivity index (χ1v) is 6.55. The Morgan fingerprint density at radius 1 is 1.32 bits per heavy atom. The van der Waals surface area contributed by atoms with Crippen molar-refractivity contribution in [3.05, 3.63) is 17.0 Å². The van der Waals surface area contributed by atoms with Gasteiger partial charge in [-0.15, -0.1) is 0 Å². The van der Waals surface area contributed by atoms with Crippen LogP contribution in [0.4, 0.5) is 30.7 Å². The van der Waals surface area contributed by atoms with Crippen molar-refractivity contribution in [2.75, 3.05) is 0 Å². The summed E-state index contributed by atoms with van der Waals surface area (Å²) in [6, 6.07) is 0. The highest BCUT2D eigenvalue weighted by Crippen LogP contribution is 2.46. The Bertz CT molecular complexity index is 538. The van der Waals surface area contributed by atoms with Gasteiger partial charge in [-0.1, -0.05) is 0 Å². The maximum Gasteiger partial charge on any atom is 0.435 e. The Kier molecular flexibility index (Phi) is 4.42. The Balaban J connectivity index is 2.38.